The van der Waals surface area contributed by atoms with Gasteiger partial charge in [-0.05, 0) is 31.4 Å². The first kappa shape index (κ1) is 12.5. The number of nitrogens with zero attached hydrogens (tertiary/aromatic N) is 2. The van der Waals surface area contributed by atoms with Crippen molar-refractivity contribution in [3.05, 3.63) is 28.8 Å². The first-order valence-corrected chi connectivity index (χ1v) is 6.93. The van der Waals surface area contributed by atoms with E-state index in [0.29, 0.717) is 18.3 Å². The number of ether oxygens (including phenoxy) is 2. The molecule has 100 valence electrons. The third kappa shape index (κ3) is 2.91. The summed E-state index contributed by atoms with van der Waals surface area (Å²) in [6, 6.07) is 1.96. The second-order valence-corrected chi connectivity index (χ2v) is 5.47. The van der Waals surface area contributed by atoms with E-state index in [2.05, 4.69) is 10.1 Å². The molecule has 0 bridgehead atoms. The Morgan fingerprint density at radius 2 is 2.37 bits per heavy atom. The molecule has 1 fully saturated rings. The Labute approximate surface area is 114 Å². The SMILES string of the molecule is CC1(C)OC[C@H](/C=C/c2nc(-c3ccsc3)no2)O1. The quantitative estimate of drug-likeness (QED) is 0.864. The maximum atomic E-state index is 5.65. The van der Waals surface area contributed by atoms with Crippen molar-refractivity contribution in [1.29, 1.82) is 0 Å². The molecular weight excluding hydrogens is 264 g/mol. The highest BCUT2D eigenvalue weighted by atomic mass is 32.1. The Morgan fingerprint density at radius 3 is 3.05 bits per heavy atom. The summed E-state index contributed by atoms with van der Waals surface area (Å²) >= 11 is 1.60. The predicted octanol–water partition coefficient (Wildman–Crippen LogP) is 2.96. The molecular formula is C13H14N2O3S. The van der Waals surface area contributed by atoms with Gasteiger partial charge in [-0.1, -0.05) is 5.16 Å². The Kier molecular flexibility index (Phi) is 3.22. The van der Waals surface area contributed by atoms with Gasteiger partial charge in [0.15, 0.2) is 5.79 Å². The predicted molar refractivity (Wildman–Crippen MR) is 71.5 cm³/mol. The van der Waals surface area contributed by atoms with E-state index in [9.17, 15) is 0 Å². The zero-order chi connectivity index (χ0) is 13.3. The second-order valence-electron chi connectivity index (χ2n) is 4.69. The van der Waals surface area contributed by atoms with Crippen LogP contribution < -0.4 is 0 Å². The molecule has 1 aliphatic rings. The summed E-state index contributed by atoms with van der Waals surface area (Å²) < 4.78 is 16.3. The molecule has 0 N–H and O–H groups in total. The maximum Gasteiger partial charge on any atom is 0.250 e. The molecule has 1 aliphatic heterocycles. The molecule has 1 saturated heterocycles. The largest absolute Gasteiger partial charge is 0.347 e. The smallest absolute Gasteiger partial charge is 0.250 e. The Morgan fingerprint density at radius 1 is 1.47 bits per heavy atom. The van der Waals surface area contributed by atoms with Crippen molar-refractivity contribution in [2.45, 2.75) is 25.7 Å². The Balaban J connectivity index is 1.68. The van der Waals surface area contributed by atoms with Gasteiger partial charge in [0, 0.05) is 17.0 Å². The molecule has 3 rings (SSSR count). The average molecular weight is 278 g/mol. The minimum Gasteiger partial charge on any atom is -0.347 e. The van der Waals surface area contributed by atoms with E-state index < -0.39 is 5.79 Å². The van der Waals surface area contributed by atoms with Crippen molar-refractivity contribution in [3.8, 4) is 11.4 Å². The molecule has 6 heteroatoms. The normalized spacial score (nSPS) is 22.3. The molecule has 0 aliphatic carbocycles. The highest BCUT2D eigenvalue weighted by molar-refractivity contribution is 7.08. The fraction of sp³-hybridized carbons (Fsp3) is 0.385. The number of rotatable bonds is 3. The van der Waals surface area contributed by atoms with Gasteiger partial charge in [-0.25, -0.2) is 0 Å². The molecule has 0 amide bonds. The Bertz CT molecular complexity index is 574. The van der Waals surface area contributed by atoms with Crippen LogP contribution in [0.2, 0.25) is 0 Å². The van der Waals surface area contributed by atoms with E-state index >= 15 is 0 Å². The lowest BCUT2D eigenvalue weighted by molar-refractivity contribution is -0.133. The van der Waals surface area contributed by atoms with Crippen molar-refractivity contribution in [3.63, 3.8) is 0 Å². The first-order chi connectivity index (χ1) is 9.12. The van der Waals surface area contributed by atoms with Gasteiger partial charge in [0.25, 0.3) is 5.89 Å². The molecule has 2 aromatic rings. The van der Waals surface area contributed by atoms with E-state index in [1.165, 1.54) is 0 Å². The zero-order valence-corrected chi connectivity index (χ0v) is 11.5. The minimum atomic E-state index is -0.522. The lowest BCUT2D eigenvalue weighted by Crippen LogP contribution is -2.20. The molecule has 1 atom stereocenters. The summed E-state index contributed by atoms with van der Waals surface area (Å²) in [6.45, 7) is 4.32. The van der Waals surface area contributed by atoms with E-state index in [1.807, 2.05) is 36.7 Å². The summed E-state index contributed by atoms with van der Waals surface area (Å²) in [6.07, 6.45) is 3.56. The van der Waals surface area contributed by atoms with Gasteiger partial charge in [0.05, 0.1) is 6.61 Å². The van der Waals surface area contributed by atoms with E-state index in [0.717, 1.165) is 5.56 Å². The van der Waals surface area contributed by atoms with Crippen LogP contribution in [0.1, 0.15) is 19.7 Å². The monoisotopic (exact) mass is 278 g/mol. The van der Waals surface area contributed by atoms with Gasteiger partial charge in [-0.3, -0.25) is 0 Å². The van der Waals surface area contributed by atoms with Crippen LogP contribution in [0.4, 0.5) is 0 Å². The van der Waals surface area contributed by atoms with Crippen LogP contribution in [0.25, 0.3) is 17.5 Å². The molecule has 2 aromatic heterocycles. The summed E-state index contributed by atoms with van der Waals surface area (Å²) in [7, 11) is 0. The van der Waals surface area contributed by atoms with Gasteiger partial charge in [0.2, 0.25) is 5.82 Å². The van der Waals surface area contributed by atoms with E-state index in [1.54, 1.807) is 17.4 Å². The number of aromatic nitrogens is 2. The van der Waals surface area contributed by atoms with Gasteiger partial charge < -0.3 is 14.0 Å². The van der Waals surface area contributed by atoms with E-state index in [4.69, 9.17) is 14.0 Å². The van der Waals surface area contributed by atoms with Crippen LogP contribution in [0, 0.1) is 0 Å². The van der Waals surface area contributed by atoms with E-state index in [-0.39, 0.29) is 6.10 Å². The lowest BCUT2D eigenvalue weighted by atomic mass is 10.3. The fourth-order valence-corrected chi connectivity index (χ4v) is 2.45. The number of thiophene rings is 1. The van der Waals surface area contributed by atoms with Gasteiger partial charge >= 0.3 is 0 Å². The highest BCUT2D eigenvalue weighted by Gasteiger charge is 2.31. The lowest BCUT2D eigenvalue weighted by Gasteiger charge is -2.15. The van der Waals surface area contributed by atoms with Crippen LogP contribution >= 0.6 is 11.3 Å². The zero-order valence-electron chi connectivity index (χ0n) is 10.7. The fourth-order valence-electron chi connectivity index (χ4n) is 1.81. The third-order valence-electron chi connectivity index (χ3n) is 2.70. The van der Waals surface area contributed by atoms with Gasteiger partial charge in [-0.15, -0.1) is 0 Å². The molecule has 0 spiro atoms. The third-order valence-corrected chi connectivity index (χ3v) is 3.39. The average Bonchev–Trinajstić information content (AvgIpc) is 3.04. The first-order valence-electron chi connectivity index (χ1n) is 5.99. The summed E-state index contributed by atoms with van der Waals surface area (Å²) in [5, 5.41) is 7.89. The van der Waals surface area contributed by atoms with Crippen LogP contribution in [0.5, 0.6) is 0 Å². The minimum absolute atomic E-state index is 0.0773. The number of hydrogen-bond donors (Lipinski definition) is 0. The van der Waals surface area contributed by atoms with Crippen LogP contribution in [-0.4, -0.2) is 28.6 Å². The molecule has 0 aromatic carbocycles. The maximum absolute atomic E-state index is 5.65. The molecule has 0 unspecified atom stereocenters. The van der Waals surface area contributed by atoms with Crippen LogP contribution in [0.3, 0.4) is 0 Å². The summed E-state index contributed by atoms with van der Waals surface area (Å²) in [4.78, 5) is 4.30. The number of hydrogen-bond acceptors (Lipinski definition) is 6. The standard InChI is InChI=1S/C13H14N2O3S/c1-13(2)16-7-10(17-13)3-4-11-14-12(15-18-11)9-5-6-19-8-9/h3-6,8,10H,7H2,1-2H3/b4-3+/t10-/m0/s1. The van der Waals surface area contributed by atoms with Crippen LogP contribution in [0.15, 0.2) is 27.4 Å². The topological polar surface area (TPSA) is 57.4 Å². The van der Waals surface area contributed by atoms with Crippen molar-refractivity contribution >= 4 is 17.4 Å². The van der Waals surface area contributed by atoms with Gasteiger partial charge in [0.1, 0.15) is 6.10 Å². The molecule has 3 heterocycles. The summed E-state index contributed by atoms with van der Waals surface area (Å²) in [5.41, 5.74) is 0.968. The molecule has 5 nitrogen and oxygen atoms in total. The second kappa shape index (κ2) is 4.88. The highest BCUT2D eigenvalue weighted by Crippen LogP contribution is 2.23. The van der Waals surface area contributed by atoms with Crippen molar-refractivity contribution < 1.29 is 14.0 Å². The van der Waals surface area contributed by atoms with Gasteiger partial charge in [-0.2, -0.15) is 16.3 Å². The van der Waals surface area contributed by atoms with Crippen LogP contribution in [-0.2, 0) is 9.47 Å². The Hall–Kier alpha value is -1.50. The van der Waals surface area contributed by atoms with Crippen molar-refractivity contribution in [2.75, 3.05) is 6.61 Å². The molecule has 0 radical (unpaired) electrons. The van der Waals surface area contributed by atoms with Crippen molar-refractivity contribution in [1.82, 2.24) is 10.1 Å². The summed E-state index contributed by atoms with van der Waals surface area (Å²) in [5.74, 6) is 0.547. The molecule has 19 heavy (non-hydrogen) atoms. The van der Waals surface area contributed by atoms with Crippen molar-refractivity contribution in [2.24, 2.45) is 0 Å². The molecule has 0 saturated carbocycles.